The van der Waals surface area contributed by atoms with Crippen LogP contribution in [0.4, 0.5) is 0 Å². The number of ether oxygens (including phenoxy) is 1. The van der Waals surface area contributed by atoms with Gasteiger partial charge in [-0.15, -0.1) is 0 Å². The molecular weight excluding hydrogens is 411 g/mol. The van der Waals surface area contributed by atoms with Crippen molar-refractivity contribution in [2.75, 3.05) is 0 Å². The van der Waals surface area contributed by atoms with Crippen LogP contribution in [0.3, 0.4) is 0 Å². The molecule has 0 amide bonds. The van der Waals surface area contributed by atoms with Crippen molar-refractivity contribution in [2.45, 2.75) is 0 Å². The standard InChI is InChI=1S/C10H4Br2Cl2N2O2/c11-4-1-6(14)7(2-5(4)13)18-10-8(12)9(17)15-3-16-10/h1-3H,(H,15,16,17). The van der Waals surface area contributed by atoms with E-state index < -0.39 is 0 Å². The summed E-state index contributed by atoms with van der Waals surface area (Å²) in [6.45, 7) is 0. The zero-order valence-electron chi connectivity index (χ0n) is 8.51. The van der Waals surface area contributed by atoms with Gasteiger partial charge in [-0.2, -0.15) is 0 Å². The minimum absolute atomic E-state index is 0.110. The molecule has 0 spiro atoms. The smallest absolute Gasteiger partial charge is 0.268 e. The molecule has 94 valence electrons. The third-order valence-electron chi connectivity index (χ3n) is 1.95. The van der Waals surface area contributed by atoms with Crippen molar-refractivity contribution in [2.24, 2.45) is 0 Å². The molecule has 0 aliphatic carbocycles. The van der Waals surface area contributed by atoms with Crippen LogP contribution in [0.15, 0.2) is 32.2 Å². The van der Waals surface area contributed by atoms with E-state index in [-0.39, 0.29) is 15.9 Å². The Bertz CT molecular complexity index is 661. The first-order chi connectivity index (χ1) is 8.49. The van der Waals surface area contributed by atoms with Gasteiger partial charge in [0.25, 0.3) is 5.56 Å². The zero-order valence-corrected chi connectivity index (χ0v) is 13.2. The first-order valence-corrected chi connectivity index (χ1v) is 6.89. The van der Waals surface area contributed by atoms with Crippen molar-refractivity contribution < 1.29 is 4.74 Å². The van der Waals surface area contributed by atoms with Gasteiger partial charge in [0.05, 0.1) is 16.4 Å². The number of nitrogens with zero attached hydrogens (tertiary/aromatic N) is 1. The van der Waals surface area contributed by atoms with Gasteiger partial charge < -0.3 is 9.72 Å². The van der Waals surface area contributed by atoms with Crippen molar-refractivity contribution in [3.63, 3.8) is 0 Å². The van der Waals surface area contributed by atoms with E-state index in [0.29, 0.717) is 20.3 Å². The zero-order chi connectivity index (χ0) is 13.3. The molecule has 1 aromatic carbocycles. The van der Waals surface area contributed by atoms with Crippen LogP contribution < -0.4 is 10.3 Å². The minimum atomic E-state index is -0.348. The van der Waals surface area contributed by atoms with E-state index in [4.69, 9.17) is 27.9 Å². The van der Waals surface area contributed by atoms with Gasteiger partial charge in [0.2, 0.25) is 5.88 Å². The molecule has 0 fully saturated rings. The fraction of sp³-hybridized carbons (Fsp3) is 0. The Morgan fingerprint density at radius 1 is 1.22 bits per heavy atom. The normalized spacial score (nSPS) is 10.4. The van der Waals surface area contributed by atoms with Crippen molar-refractivity contribution in [3.8, 4) is 11.6 Å². The monoisotopic (exact) mass is 412 g/mol. The fourth-order valence-electron chi connectivity index (χ4n) is 1.12. The SMILES string of the molecule is O=c1[nH]cnc(Oc2cc(Cl)c(Br)cc2Cl)c1Br. The van der Waals surface area contributed by atoms with Gasteiger partial charge >= 0.3 is 0 Å². The molecule has 0 unspecified atom stereocenters. The number of benzene rings is 1. The summed E-state index contributed by atoms with van der Waals surface area (Å²) in [6.07, 6.45) is 1.23. The van der Waals surface area contributed by atoms with E-state index in [1.165, 1.54) is 12.4 Å². The van der Waals surface area contributed by atoms with Crippen LogP contribution in [-0.4, -0.2) is 9.97 Å². The van der Waals surface area contributed by atoms with Crippen LogP contribution in [0.25, 0.3) is 0 Å². The summed E-state index contributed by atoms with van der Waals surface area (Å²) in [7, 11) is 0. The average Bonchev–Trinajstić information content (AvgIpc) is 2.32. The average molecular weight is 415 g/mol. The van der Waals surface area contributed by atoms with Crippen molar-refractivity contribution >= 4 is 55.1 Å². The second-order valence-electron chi connectivity index (χ2n) is 3.15. The number of H-pyrrole nitrogens is 1. The largest absolute Gasteiger partial charge is 0.436 e. The van der Waals surface area contributed by atoms with Crippen molar-refractivity contribution in [1.82, 2.24) is 9.97 Å². The van der Waals surface area contributed by atoms with E-state index in [9.17, 15) is 4.79 Å². The first kappa shape index (κ1) is 13.9. The highest BCUT2D eigenvalue weighted by Gasteiger charge is 2.12. The Hall–Kier alpha value is -0.560. The maximum atomic E-state index is 11.3. The number of aromatic amines is 1. The highest BCUT2D eigenvalue weighted by atomic mass is 79.9. The number of rotatable bonds is 2. The number of nitrogens with one attached hydrogen (secondary N) is 1. The molecule has 0 atom stereocenters. The lowest BCUT2D eigenvalue weighted by Crippen LogP contribution is -2.08. The van der Waals surface area contributed by atoms with Crippen LogP contribution in [-0.2, 0) is 0 Å². The van der Waals surface area contributed by atoms with Crippen LogP contribution in [0, 0.1) is 0 Å². The van der Waals surface area contributed by atoms with Crippen molar-refractivity contribution in [3.05, 3.63) is 47.8 Å². The summed E-state index contributed by atoms with van der Waals surface area (Å²) in [4.78, 5) is 17.6. The molecular formula is C10H4Br2Cl2N2O2. The molecule has 18 heavy (non-hydrogen) atoms. The quantitative estimate of drug-likeness (QED) is 0.741. The molecule has 0 saturated carbocycles. The maximum Gasteiger partial charge on any atom is 0.268 e. The third kappa shape index (κ3) is 2.88. The topological polar surface area (TPSA) is 55.0 Å². The lowest BCUT2D eigenvalue weighted by atomic mass is 10.3. The predicted molar refractivity (Wildman–Crippen MR) is 76.8 cm³/mol. The molecule has 8 heteroatoms. The second kappa shape index (κ2) is 5.61. The second-order valence-corrected chi connectivity index (χ2v) is 5.61. The van der Waals surface area contributed by atoms with Crippen LogP contribution in [0.2, 0.25) is 10.0 Å². The molecule has 2 rings (SSSR count). The molecule has 1 N–H and O–H groups in total. The van der Waals surface area contributed by atoms with Gasteiger partial charge in [-0.05, 0) is 37.9 Å². The first-order valence-electron chi connectivity index (χ1n) is 4.54. The molecule has 2 aromatic rings. The van der Waals surface area contributed by atoms with Gasteiger partial charge in [0, 0.05) is 10.5 Å². The minimum Gasteiger partial charge on any atom is -0.436 e. The molecule has 1 aromatic heterocycles. The van der Waals surface area contributed by atoms with Gasteiger partial charge in [-0.3, -0.25) is 4.79 Å². The summed E-state index contributed by atoms with van der Waals surface area (Å²) in [5, 5.41) is 0.788. The van der Waals surface area contributed by atoms with Crippen molar-refractivity contribution in [1.29, 1.82) is 0 Å². The number of hydrogen-bond donors (Lipinski definition) is 1. The number of halogens is 4. The summed E-state index contributed by atoms with van der Waals surface area (Å²) in [5.41, 5.74) is -0.348. The van der Waals surface area contributed by atoms with Crippen LogP contribution in [0.5, 0.6) is 11.6 Å². The summed E-state index contributed by atoms with van der Waals surface area (Å²) >= 11 is 18.3. The van der Waals surface area contributed by atoms with Crippen LogP contribution >= 0.6 is 55.1 Å². The number of aromatic nitrogens is 2. The molecule has 1 heterocycles. The number of hydrogen-bond acceptors (Lipinski definition) is 3. The molecule has 0 bridgehead atoms. The summed E-state index contributed by atoms with van der Waals surface area (Å²) in [5.74, 6) is 0.419. The summed E-state index contributed by atoms with van der Waals surface area (Å²) < 4.78 is 6.27. The maximum absolute atomic E-state index is 11.3. The van der Waals surface area contributed by atoms with E-state index >= 15 is 0 Å². The Morgan fingerprint density at radius 3 is 2.67 bits per heavy atom. The summed E-state index contributed by atoms with van der Waals surface area (Å²) in [6, 6.07) is 3.13. The fourth-order valence-corrected chi connectivity index (χ4v) is 2.25. The Labute approximate surface area is 129 Å². The molecule has 0 radical (unpaired) electrons. The highest BCUT2D eigenvalue weighted by Crippen LogP contribution is 2.36. The van der Waals surface area contributed by atoms with E-state index in [1.54, 1.807) is 6.07 Å². The molecule has 0 aliphatic rings. The highest BCUT2D eigenvalue weighted by molar-refractivity contribution is 9.10. The third-order valence-corrected chi connectivity index (χ3v) is 4.14. The molecule has 0 saturated heterocycles. The molecule has 4 nitrogen and oxygen atoms in total. The van der Waals surface area contributed by atoms with E-state index in [0.717, 1.165) is 0 Å². The van der Waals surface area contributed by atoms with Gasteiger partial charge in [-0.1, -0.05) is 23.2 Å². The lowest BCUT2D eigenvalue weighted by Gasteiger charge is -2.08. The van der Waals surface area contributed by atoms with E-state index in [2.05, 4.69) is 41.8 Å². The van der Waals surface area contributed by atoms with Gasteiger partial charge in [0.15, 0.2) is 0 Å². The molecule has 0 aliphatic heterocycles. The Morgan fingerprint density at radius 2 is 1.94 bits per heavy atom. The lowest BCUT2D eigenvalue weighted by molar-refractivity contribution is 0.457. The predicted octanol–water partition coefficient (Wildman–Crippen LogP) is 4.39. The van der Waals surface area contributed by atoms with Crippen LogP contribution in [0.1, 0.15) is 0 Å². The Balaban J connectivity index is 2.43. The Kier molecular flexibility index (Phi) is 4.32. The van der Waals surface area contributed by atoms with Gasteiger partial charge in [-0.25, -0.2) is 4.98 Å². The van der Waals surface area contributed by atoms with E-state index in [1.807, 2.05) is 0 Å². The van der Waals surface area contributed by atoms with Gasteiger partial charge in [0.1, 0.15) is 10.2 Å².